The Morgan fingerprint density at radius 1 is 1.35 bits per heavy atom. The molecule has 3 aliphatic rings. The number of rotatable bonds is 7. The lowest BCUT2D eigenvalue weighted by molar-refractivity contribution is -0.133. The molecule has 0 bridgehead atoms. The zero-order valence-electron chi connectivity index (χ0n) is 21.4. The quantitative estimate of drug-likeness (QED) is 0.564. The highest BCUT2D eigenvalue weighted by molar-refractivity contribution is 7.15. The largest absolute Gasteiger partial charge is 0.490 e. The van der Waals surface area contributed by atoms with E-state index in [1.807, 2.05) is 38.2 Å². The van der Waals surface area contributed by atoms with E-state index in [1.165, 1.54) is 10.5 Å². The van der Waals surface area contributed by atoms with Crippen LogP contribution in [0.25, 0.3) is 10.6 Å². The van der Waals surface area contributed by atoms with Crippen LogP contribution < -0.4 is 10.1 Å². The summed E-state index contributed by atoms with van der Waals surface area (Å²) in [6.07, 6.45) is 11.9. The maximum Gasteiger partial charge on any atom is 0.236 e. The number of fused-ring (bicyclic) bond motifs is 1. The summed E-state index contributed by atoms with van der Waals surface area (Å²) in [5.74, 6) is 1.31. The van der Waals surface area contributed by atoms with Crippen LogP contribution in [0.4, 0.5) is 0 Å². The molecule has 0 spiro atoms. The highest BCUT2D eigenvalue weighted by Gasteiger charge is 2.37. The fourth-order valence-electron chi connectivity index (χ4n) is 5.68. The molecule has 1 amide bonds. The van der Waals surface area contributed by atoms with E-state index in [2.05, 4.69) is 29.6 Å². The van der Waals surface area contributed by atoms with Gasteiger partial charge in [0.05, 0.1) is 24.3 Å². The summed E-state index contributed by atoms with van der Waals surface area (Å²) in [6.45, 7) is 5.37. The lowest BCUT2D eigenvalue weighted by atomic mass is 9.82. The number of aliphatic hydroxyl groups is 1. The van der Waals surface area contributed by atoms with Crippen LogP contribution in [-0.4, -0.2) is 58.8 Å². The molecule has 0 radical (unpaired) electrons. The third-order valence-electron chi connectivity index (χ3n) is 7.45. The fraction of sp³-hybridized carbons (Fsp3) is 0.483. The zero-order chi connectivity index (χ0) is 25.9. The van der Waals surface area contributed by atoms with Crippen LogP contribution >= 0.6 is 11.3 Å². The SMILES string of the molecule is CC(C)Oc1ccc(-c2ncc(C3C=CC=C4C3CC[C@@H]4NCC(=O)N3CCC[C@H](O)C3)s2)cc1C#N. The Kier molecular flexibility index (Phi) is 7.75. The van der Waals surface area contributed by atoms with Gasteiger partial charge in [0.15, 0.2) is 0 Å². The first-order valence-electron chi connectivity index (χ1n) is 13.2. The molecule has 2 unspecified atom stereocenters. The molecule has 37 heavy (non-hydrogen) atoms. The number of amides is 1. The minimum absolute atomic E-state index is 0.00488. The predicted octanol–water partition coefficient (Wildman–Crippen LogP) is 4.40. The topological polar surface area (TPSA) is 98.5 Å². The molecule has 194 valence electrons. The summed E-state index contributed by atoms with van der Waals surface area (Å²) in [7, 11) is 0. The molecule has 2 aliphatic carbocycles. The molecule has 2 fully saturated rings. The van der Waals surface area contributed by atoms with E-state index < -0.39 is 6.10 Å². The summed E-state index contributed by atoms with van der Waals surface area (Å²) in [5.41, 5.74) is 2.80. The molecular formula is C29H34N4O3S. The number of thiazole rings is 1. The summed E-state index contributed by atoms with van der Waals surface area (Å²) in [4.78, 5) is 20.4. The van der Waals surface area contributed by atoms with Gasteiger partial charge in [0, 0.05) is 41.7 Å². The Bertz CT molecular complexity index is 1240. The first-order valence-corrected chi connectivity index (χ1v) is 14.0. The molecular weight excluding hydrogens is 484 g/mol. The normalized spacial score (nSPS) is 25.1. The van der Waals surface area contributed by atoms with E-state index in [-0.39, 0.29) is 24.0 Å². The second-order valence-electron chi connectivity index (χ2n) is 10.4. The van der Waals surface area contributed by atoms with Gasteiger partial charge < -0.3 is 20.1 Å². The molecule has 1 aromatic carbocycles. The van der Waals surface area contributed by atoms with Gasteiger partial charge in [0.2, 0.25) is 5.91 Å². The van der Waals surface area contributed by atoms with Crippen LogP contribution in [0.1, 0.15) is 55.9 Å². The number of ether oxygens (including phenoxy) is 1. The van der Waals surface area contributed by atoms with Crippen LogP contribution in [-0.2, 0) is 4.79 Å². The van der Waals surface area contributed by atoms with E-state index in [0.29, 0.717) is 30.3 Å². The van der Waals surface area contributed by atoms with Gasteiger partial charge in [-0.15, -0.1) is 11.3 Å². The van der Waals surface area contributed by atoms with Crippen LogP contribution in [0.5, 0.6) is 5.75 Å². The predicted molar refractivity (Wildman–Crippen MR) is 144 cm³/mol. The molecule has 2 heterocycles. The number of carbonyl (C=O) groups is 1. The molecule has 1 saturated carbocycles. The van der Waals surface area contributed by atoms with Gasteiger partial charge in [-0.1, -0.05) is 18.2 Å². The number of nitriles is 1. The van der Waals surface area contributed by atoms with Gasteiger partial charge in [-0.25, -0.2) is 4.98 Å². The number of likely N-dealkylation sites (tertiary alicyclic amines) is 1. The van der Waals surface area contributed by atoms with Crippen molar-refractivity contribution in [3.63, 3.8) is 0 Å². The number of benzene rings is 1. The number of hydrogen-bond donors (Lipinski definition) is 2. The molecule has 5 rings (SSSR count). The number of piperidine rings is 1. The van der Waals surface area contributed by atoms with Crippen LogP contribution in [0.2, 0.25) is 0 Å². The van der Waals surface area contributed by atoms with Crippen molar-refractivity contribution in [2.45, 2.75) is 63.7 Å². The maximum atomic E-state index is 12.7. The van der Waals surface area contributed by atoms with Crippen molar-refractivity contribution >= 4 is 17.2 Å². The standard InChI is InChI=1S/C29H34N4O3S/c1-18(2)36-26-11-8-19(13-20(26)14-30)29-32-15-27(37-29)24-7-3-6-23-22(24)9-10-25(23)31-16-28(35)33-12-4-5-21(34)17-33/h3,6-8,11,13,15,18,21-22,24-25,31,34H,4-5,9-10,12,16-17H2,1-2H3/t21-,22?,24?,25-/m0/s1. The first-order chi connectivity index (χ1) is 17.9. The summed E-state index contributed by atoms with van der Waals surface area (Å²) >= 11 is 1.67. The van der Waals surface area contributed by atoms with Crippen LogP contribution in [0.3, 0.4) is 0 Å². The van der Waals surface area contributed by atoms with Crippen molar-refractivity contribution in [2.75, 3.05) is 19.6 Å². The molecule has 1 saturated heterocycles. The fourth-order valence-corrected chi connectivity index (χ4v) is 6.74. The zero-order valence-corrected chi connectivity index (χ0v) is 22.2. The Morgan fingerprint density at radius 3 is 3.00 bits per heavy atom. The van der Waals surface area contributed by atoms with Crippen molar-refractivity contribution in [3.8, 4) is 22.4 Å². The summed E-state index contributed by atoms with van der Waals surface area (Å²) < 4.78 is 5.76. The Morgan fingerprint density at radius 2 is 2.22 bits per heavy atom. The number of nitrogens with zero attached hydrogens (tertiary/aromatic N) is 3. The van der Waals surface area contributed by atoms with Crippen LogP contribution in [0, 0.1) is 17.2 Å². The van der Waals surface area contributed by atoms with E-state index >= 15 is 0 Å². The van der Waals surface area contributed by atoms with E-state index in [1.54, 1.807) is 16.2 Å². The van der Waals surface area contributed by atoms with Crippen molar-refractivity contribution in [2.24, 2.45) is 5.92 Å². The highest BCUT2D eigenvalue weighted by Crippen LogP contribution is 2.46. The minimum atomic E-state index is -0.400. The molecule has 7 nitrogen and oxygen atoms in total. The Balaban J connectivity index is 1.25. The third kappa shape index (κ3) is 5.64. The number of carbonyl (C=O) groups excluding carboxylic acids is 1. The lowest BCUT2D eigenvalue weighted by Crippen LogP contribution is -2.47. The highest BCUT2D eigenvalue weighted by atomic mass is 32.1. The smallest absolute Gasteiger partial charge is 0.236 e. The van der Waals surface area contributed by atoms with E-state index in [9.17, 15) is 15.2 Å². The number of aromatic nitrogens is 1. The second kappa shape index (κ2) is 11.2. The summed E-state index contributed by atoms with van der Waals surface area (Å²) in [6, 6.07) is 8.12. The van der Waals surface area contributed by atoms with E-state index in [4.69, 9.17) is 9.72 Å². The summed E-state index contributed by atoms with van der Waals surface area (Å²) in [5, 5.41) is 23.9. The van der Waals surface area contributed by atoms with Gasteiger partial charge in [-0.05, 0) is 69.2 Å². The lowest BCUT2D eigenvalue weighted by Gasteiger charge is -2.31. The van der Waals surface area contributed by atoms with Crippen molar-refractivity contribution in [3.05, 3.63) is 58.6 Å². The van der Waals surface area contributed by atoms with Gasteiger partial charge in [-0.3, -0.25) is 4.79 Å². The molecule has 2 N–H and O–H groups in total. The second-order valence-corrected chi connectivity index (χ2v) is 11.4. The van der Waals surface area contributed by atoms with Gasteiger partial charge >= 0.3 is 0 Å². The van der Waals surface area contributed by atoms with Gasteiger partial charge in [-0.2, -0.15) is 5.26 Å². The minimum Gasteiger partial charge on any atom is -0.490 e. The number of hydrogen-bond acceptors (Lipinski definition) is 7. The van der Waals surface area contributed by atoms with Crippen LogP contribution in [0.15, 0.2) is 48.2 Å². The third-order valence-corrected chi connectivity index (χ3v) is 8.60. The molecule has 8 heteroatoms. The monoisotopic (exact) mass is 518 g/mol. The molecule has 1 aliphatic heterocycles. The van der Waals surface area contributed by atoms with Crippen molar-refractivity contribution in [1.29, 1.82) is 5.26 Å². The van der Waals surface area contributed by atoms with Gasteiger partial charge in [0.25, 0.3) is 0 Å². The molecule has 1 aromatic heterocycles. The average Bonchev–Trinajstić information content (AvgIpc) is 3.55. The molecule has 4 atom stereocenters. The molecule has 2 aromatic rings. The number of β-amino-alcohol motifs (C(OH)–C–C–N with tert-alkyl or cyclic N) is 1. The number of nitrogens with one attached hydrogen (secondary N) is 1. The number of allylic oxidation sites excluding steroid dienone is 3. The van der Waals surface area contributed by atoms with Crippen molar-refractivity contribution < 1.29 is 14.6 Å². The Labute approximate surface area is 222 Å². The number of aliphatic hydroxyl groups excluding tert-OH is 1. The maximum absolute atomic E-state index is 12.7. The first kappa shape index (κ1) is 25.7. The van der Waals surface area contributed by atoms with E-state index in [0.717, 1.165) is 42.8 Å². The average molecular weight is 519 g/mol. The van der Waals surface area contributed by atoms with Gasteiger partial charge in [0.1, 0.15) is 16.8 Å². The van der Waals surface area contributed by atoms with Crippen molar-refractivity contribution in [1.82, 2.24) is 15.2 Å². The Hall–Kier alpha value is -2.99.